The molecule has 1 atom stereocenters. The maximum absolute atomic E-state index is 12.7. The van der Waals surface area contributed by atoms with Crippen LogP contribution in [0.2, 0.25) is 5.02 Å². The molecule has 1 saturated heterocycles. The van der Waals surface area contributed by atoms with Gasteiger partial charge in [0.1, 0.15) is 5.82 Å². The largest absolute Gasteiger partial charge is 0.340 e. The summed E-state index contributed by atoms with van der Waals surface area (Å²) in [6, 6.07) is 5.20. The SMILES string of the molecule is CC(C)CC(=O)N1CCN(C(C)c2nc3ccc(Cl)cc3c(=O)n2C)CC1. The third-order valence-electron chi connectivity index (χ3n) is 5.24. The summed E-state index contributed by atoms with van der Waals surface area (Å²) in [5, 5.41) is 1.06. The van der Waals surface area contributed by atoms with Crippen molar-refractivity contribution in [3.63, 3.8) is 0 Å². The number of rotatable bonds is 4. The fraction of sp³-hybridized carbons (Fsp3) is 0.550. The molecule has 1 fully saturated rings. The summed E-state index contributed by atoms with van der Waals surface area (Å²) >= 11 is 6.02. The number of carbonyl (C=O) groups is 1. The first-order valence-electron chi connectivity index (χ1n) is 9.46. The minimum absolute atomic E-state index is 0.00914. The van der Waals surface area contributed by atoms with Gasteiger partial charge in [-0.05, 0) is 31.0 Å². The van der Waals surface area contributed by atoms with Crippen LogP contribution in [0.4, 0.5) is 0 Å². The smallest absolute Gasteiger partial charge is 0.261 e. The molecule has 0 N–H and O–H groups in total. The van der Waals surface area contributed by atoms with Crippen LogP contribution >= 0.6 is 11.6 Å². The van der Waals surface area contributed by atoms with Crippen LogP contribution in [0, 0.1) is 5.92 Å². The number of fused-ring (bicyclic) bond motifs is 1. The van der Waals surface area contributed by atoms with Crippen LogP contribution in [0.5, 0.6) is 0 Å². The van der Waals surface area contributed by atoms with Crippen molar-refractivity contribution in [2.75, 3.05) is 26.2 Å². The van der Waals surface area contributed by atoms with Crippen molar-refractivity contribution in [2.45, 2.75) is 33.2 Å². The van der Waals surface area contributed by atoms with Gasteiger partial charge in [-0.25, -0.2) is 4.98 Å². The minimum atomic E-state index is -0.0879. The van der Waals surface area contributed by atoms with Gasteiger partial charge in [0, 0.05) is 44.7 Å². The minimum Gasteiger partial charge on any atom is -0.340 e. The van der Waals surface area contributed by atoms with E-state index in [0.717, 1.165) is 18.9 Å². The molecule has 2 aromatic rings. The second-order valence-electron chi connectivity index (χ2n) is 7.69. The number of hydrogen-bond acceptors (Lipinski definition) is 4. The Morgan fingerprint density at radius 2 is 1.85 bits per heavy atom. The molecule has 1 aliphatic heterocycles. The van der Waals surface area contributed by atoms with Gasteiger partial charge in [0.2, 0.25) is 5.91 Å². The summed E-state index contributed by atoms with van der Waals surface area (Å²) in [6.07, 6.45) is 0.596. The van der Waals surface area contributed by atoms with Crippen LogP contribution in [-0.4, -0.2) is 51.4 Å². The Labute approximate surface area is 164 Å². The summed E-state index contributed by atoms with van der Waals surface area (Å²) in [6.45, 7) is 9.18. The topological polar surface area (TPSA) is 58.4 Å². The number of aromatic nitrogens is 2. The number of benzene rings is 1. The number of amides is 1. The van der Waals surface area contributed by atoms with Gasteiger partial charge in [-0.1, -0.05) is 25.4 Å². The van der Waals surface area contributed by atoms with Crippen molar-refractivity contribution in [3.8, 4) is 0 Å². The van der Waals surface area contributed by atoms with Crippen LogP contribution in [0.25, 0.3) is 10.9 Å². The van der Waals surface area contributed by atoms with Crippen molar-refractivity contribution in [3.05, 3.63) is 39.4 Å². The molecule has 0 aliphatic carbocycles. The lowest BCUT2D eigenvalue weighted by Crippen LogP contribution is -2.50. The van der Waals surface area contributed by atoms with E-state index in [1.54, 1.807) is 29.8 Å². The van der Waals surface area contributed by atoms with E-state index in [1.807, 2.05) is 4.90 Å². The summed E-state index contributed by atoms with van der Waals surface area (Å²) in [4.78, 5) is 33.9. The normalized spacial score (nSPS) is 16.9. The molecule has 0 bridgehead atoms. The second kappa shape index (κ2) is 7.98. The van der Waals surface area contributed by atoms with Gasteiger partial charge in [0.25, 0.3) is 5.56 Å². The van der Waals surface area contributed by atoms with Crippen LogP contribution in [0.1, 0.15) is 39.1 Å². The molecule has 1 amide bonds. The Morgan fingerprint density at radius 1 is 1.19 bits per heavy atom. The summed E-state index contributed by atoms with van der Waals surface area (Å²) in [5.74, 6) is 1.33. The molecule has 0 saturated carbocycles. The van der Waals surface area contributed by atoms with Crippen LogP contribution in [0.3, 0.4) is 0 Å². The molecular weight excluding hydrogens is 364 g/mol. The van der Waals surface area contributed by atoms with Crippen molar-refractivity contribution in [2.24, 2.45) is 13.0 Å². The maximum atomic E-state index is 12.7. The maximum Gasteiger partial charge on any atom is 0.261 e. The number of hydrogen-bond donors (Lipinski definition) is 0. The quantitative estimate of drug-likeness (QED) is 0.805. The highest BCUT2D eigenvalue weighted by molar-refractivity contribution is 6.31. The molecule has 1 aromatic heterocycles. The lowest BCUT2D eigenvalue weighted by atomic mass is 10.1. The van der Waals surface area contributed by atoms with E-state index in [0.29, 0.717) is 41.4 Å². The lowest BCUT2D eigenvalue weighted by molar-refractivity contribution is -0.134. The fourth-order valence-electron chi connectivity index (χ4n) is 3.63. The van der Waals surface area contributed by atoms with E-state index in [-0.39, 0.29) is 17.5 Å². The number of nitrogens with zero attached hydrogens (tertiary/aromatic N) is 4. The van der Waals surface area contributed by atoms with E-state index in [4.69, 9.17) is 16.6 Å². The Kier molecular flexibility index (Phi) is 5.86. The molecule has 1 aromatic carbocycles. The number of piperazine rings is 1. The molecule has 0 spiro atoms. The van der Waals surface area contributed by atoms with E-state index < -0.39 is 0 Å². The molecular formula is C20H27ClN4O2. The first-order valence-corrected chi connectivity index (χ1v) is 9.83. The number of halogens is 1. The van der Waals surface area contributed by atoms with E-state index in [2.05, 4.69) is 25.7 Å². The zero-order valence-corrected chi connectivity index (χ0v) is 17.2. The molecule has 2 heterocycles. The average Bonchev–Trinajstić information content (AvgIpc) is 2.64. The molecule has 146 valence electrons. The third kappa shape index (κ3) is 4.17. The van der Waals surface area contributed by atoms with E-state index >= 15 is 0 Å². The molecule has 6 nitrogen and oxygen atoms in total. The van der Waals surface area contributed by atoms with Gasteiger partial charge >= 0.3 is 0 Å². The van der Waals surface area contributed by atoms with Gasteiger partial charge < -0.3 is 4.90 Å². The van der Waals surface area contributed by atoms with Crippen LogP contribution in [-0.2, 0) is 11.8 Å². The van der Waals surface area contributed by atoms with Gasteiger partial charge in [0.15, 0.2) is 0 Å². The summed E-state index contributed by atoms with van der Waals surface area (Å²) < 4.78 is 1.61. The van der Waals surface area contributed by atoms with Gasteiger partial charge in [-0.2, -0.15) is 0 Å². The monoisotopic (exact) mass is 390 g/mol. The Bertz CT molecular complexity index is 901. The second-order valence-corrected chi connectivity index (χ2v) is 8.12. The molecule has 1 unspecified atom stereocenters. The zero-order chi connectivity index (χ0) is 19.7. The standard InChI is InChI=1S/C20H27ClN4O2/c1-13(2)11-18(26)25-9-7-24(8-10-25)14(3)19-22-17-6-5-15(21)12-16(17)20(27)23(19)4/h5-6,12-14H,7-11H2,1-4H3. The fourth-order valence-corrected chi connectivity index (χ4v) is 3.81. The predicted octanol–water partition coefficient (Wildman–Crippen LogP) is 2.84. The van der Waals surface area contributed by atoms with Crippen LogP contribution in [0.15, 0.2) is 23.0 Å². The van der Waals surface area contributed by atoms with Crippen molar-refractivity contribution < 1.29 is 4.79 Å². The predicted molar refractivity (Wildman–Crippen MR) is 108 cm³/mol. The lowest BCUT2D eigenvalue weighted by Gasteiger charge is -2.38. The molecule has 27 heavy (non-hydrogen) atoms. The van der Waals surface area contributed by atoms with Gasteiger partial charge in [-0.15, -0.1) is 0 Å². The summed E-state index contributed by atoms with van der Waals surface area (Å²) in [5.41, 5.74) is 0.574. The first-order chi connectivity index (χ1) is 12.8. The zero-order valence-electron chi connectivity index (χ0n) is 16.4. The van der Waals surface area contributed by atoms with Gasteiger partial charge in [0.05, 0.1) is 16.9 Å². The molecule has 0 radical (unpaired) electrons. The third-order valence-corrected chi connectivity index (χ3v) is 5.48. The van der Waals surface area contributed by atoms with Crippen molar-refractivity contribution in [1.82, 2.24) is 19.4 Å². The molecule has 7 heteroatoms. The summed E-state index contributed by atoms with van der Waals surface area (Å²) in [7, 11) is 1.75. The van der Waals surface area contributed by atoms with Crippen LogP contribution < -0.4 is 5.56 Å². The van der Waals surface area contributed by atoms with Crippen molar-refractivity contribution in [1.29, 1.82) is 0 Å². The Balaban J connectivity index is 1.78. The highest BCUT2D eigenvalue weighted by atomic mass is 35.5. The van der Waals surface area contributed by atoms with E-state index in [1.165, 1.54) is 0 Å². The Hall–Kier alpha value is -1.92. The Morgan fingerprint density at radius 3 is 2.48 bits per heavy atom. The highest BCUT2D eigenvalue weighted by Gasteiger charge is 2.27. The average molecular weight is 391 g/mol. The van der Waals surface area contributed by atoms with E-state index in [9.17, 15) is 9.59 Å². The highest BCUT2D eigenvalue weighted by Crippen LogP contribution is 2.22. The van der Waals surface area contributed by atoms with Gasteiger partial charge in [-0.3, -0.25) is 19.1 Å². The van der Waals surface area contributed by atoms with Crippen molar-refractivity contribution >= 4 is 28.4 Å². The number of carbonyl (C=O) groups excluding carboxylic acids is 1. The molecule has 1 aliphatic rings. The molecule has 3 rings (SSSR count). The first kappa shape index (κ1) is 19.8.